The minimum absolute atomic E-state index is 0.0217. The molecule has 1 aliphatic carbocycles. The fraction of sp³-hybridized carbons (Fsp3) is 0.378. The van der Waals surface area contributed by atoms with Crippen LogP contribution in [-0.2, 0) is 26.2 Å². The Bertz CT molecular complexity index is 1750. The molecule has 2 aliphatic rings. The molecule has 3 aromatic rings. The topological polar surface area (TPSA) is 116 Å². The molecule has 0 bridgehead atoms. The molecule has 0 aromatic heterocycles. The van der Waals surface area contributed by atoms with Crippen LogP contribution in [0.3, 0.4) is 0 Å². The summed E-state index contributed by atoms with van der Waals surface area (Å²) in [6.45, 7) is 5.33. The summed E-state index contributed by atoms with van der Waals surface area (Å²) in [5.74, 6) is -6.35. The van der Waals surface area contributed by atoms with E-state index >= 15 is 0 Å². The van der Waals surface area contributed by atoms with Crippen molar-refractivity contribution < 1.29 is 28.0 Å². The fourth-order valence-electron chi connectivity index (χ4n) is 7.04. The molecule has 1 spiro atoms. The van der Waals surface area contributed by atoms with E-state index in [1.807, 2.05) is 37.3 Å². The van der Waals surface area contributed by atoms with Crippen molar-refractivity contribution in [3.8, 4) is 6.07 Å². The normalized spacial score (nSPS) is 21.2. The van der Waals surface area contributed by atoms with E-state index in [1.54, 1.807) is 26.0 Å². The Labute approximate surface area is 277 Å². The molecule has 2 amide bonds. The van der Waals surface area contributed by atoms with Gasteiger partial charge >= 0.3 is 0 Å². The second-order valence-electron chi connectivity index (χ2n) is 13.1. The Balaban J connectivity index is 1.38. The summed E-state index contributed by atoms with van der Waals surface area (Å²) in [6.07, 6.45) is 0.506. The third-order valence-corrected chi connectivity index (χ3v) is 9.89. The highest BCUT2D eigenvalue weighted by Gasteiger charge is 2.56. The number of Topliss-reactive ketones (excluding diaryl/α,β-unsaturated/α-hetero) is 2. The average molecular weight is 660 g/mol. The number of hydrogen-bond acceptors (Lipinski definition) is 5. The lowest BCUT2D eigenvalue weighted by Crippen LogP contribution is -2.46. The van der Waals surface area contributed by atoms with Crippen molar-refractivity contribution in [2.45, 2.75) is 64.3 Å². The molecular formula is C37H36ClF2N3O4. The first-order chi connectivity index (χ1) is 22.3. The number of carbonyl (C=O) groups is 4. The summed E-state index contributed by atoms with van der Waals surface area (Å²) in [4.78, 5) is 54.1. The molecule has 244 valence electrons. The van der Waals surface area contributed by atoms with Gasteiger partial charge in [0.05, 0.1) is 34.2 Å². The number of ketones is 2. The number of carbonyl (C=O) groups excluding carboxylic acids is 4. The molecule has 0 saturated heterocycles. The predicted molar refractivity (Wildman–Crippen MR) is 174 cm³/mol. The van der Waals surface area contributed by atoms with Gasteiger partial charge in [0.15, 0.2) is 5.78 Å². The molecule has 5 atom stereocenters. The van der Waals surface area contributed by atoms with Gasteiger partial charge in [0.1, 0.15) is 23.0 Å². The molecule has 1 aliphatic heterocycles. The molecule has 1 saturated carbocycles. The summed E-state index contributed by atoms with van der Waals surface area (Å²) in [6, 6.07) is 17.1. The second-order valence-corrected chi connectivity index (χ2v) is 13.5. The van der Waals surface area contributed by atoms with Crippen LogP contribution in [0.2, 0.25) is 5.02 Å². The van der Waals surface area contributed by atoms with Gasteiger partial charge in [-0.25, -0.2) is 8.78 Å². The lowest BCUT2D eigenvalue weighted by molar-refractivity contribution is -0.130. The maximum absolute atomic E-state index is 14.3. The predicted octanol–water partition coefficient (Wildman–Crippen LogP) is 6.90. The Hall–Kier alpha value is -4.42. The lowest BCUT2D eigenvalue weighted by atomic mass is 9.78. The number of halogens is 3. The van der Waals surface area contributed by atoms with Crippen molar-refractivity contribution in [3.63, 3.8) is 0 Å². The van der Waals surface area contributed by atoms with E-state index in [2.05, 4.69) is 16.7 Å². The summed E-state index contributed by atoms with van der Waals surface area (Å²) in [7, 11) is 0. The lowest BCUT2D eigenvalue weighted by Gasteiger charge is -2.25. The van der Waals surface area contributed by atoms with E-state index < -0.39 is 64.0 Å². The highest BCUT2D eigenvalue weighted by molar-refractivity contribution is 6.34. The molecule has 2 N–H and O–H groups in total. The molecule has 1 fully saturated rings. The number of anilines is 1. The molecule has 5 rings (SSSR count). The van der Waals surface area contributed by atoms with Gasteiger partial charge in [0.25, 0.3) is 5.91 Å². The molecular weight excluding hydrogens is 624 g/mol. The summed E-state index contributed by atoms with van der Waals surface area (Å²) >= 11 is 6.36. The molecule has 7 nitrogen and oxygen atoms in total. The maximum atomic E-state index is 14.3. The van der Waals surface area contributed by atoms with E-state index in [0.717, 1.165) is 34.9 Å². The molecule has 0 radical (unpaired) electrons. The average Bonchev–Trinajstić information content (AvgIpc) is 3.53. The van der Waals surface area contributed by atoms with Crippen LogP contribution in [-0.4, -0.2) is 29.4 Å². The fourth-order valence-corrected chi connectivity index (χ4v) is 7.26. The number of nitrogens with zero attached hydrogens (tertiary/aromatic N) is 1. The number of aryl methyl sites for hydroxylation is 1. The van der Waals surface area contributed by atoms with E-state index in [0.29, 0.717) is 10.7 Å². The van der Waals surface area contributed by atoms with Gasteiger partial charge in [-0.3, -0.25) is 19.2 Å². The van der Waals surface area contributed by atoms with Gasteiger partial charge in [0, 0.05) is 18.8 Å². The van der Waals surface area contributed by atoms with E-state index in [9.17, 15) is 33.2 Å². The Morgan fingerprint density at radius 2 is 1.68 bits per heavy atom. The van der Waals surface area contributed by atoms with Gasteiger partial charge < -0.3 is 10.6 Å². The highest BCUT2D eigenvalue weighted by Crippen LogP contribution is 2.55. The van der Waals surface area contributed by atoms with Gasteiger partial charge in [-0.2, -0.15) is 5.26 Å². The zero-order valence-electron chi connectivity index (χ0n) is 26.4. The van der Waals surface area contributed by atoms with E-state index in [-0.39, 0.29) is 43.8 Å². The SMILES string of the molecule is Cc1ccc(C[C@H](CC(=O)[C@@H](NC(=O)c2c(F)cccc2F)C(C)C)C(=O)CC2C[C@]3(C[C@H]2C#N)C(=O)Nc2c(Cl)cccc23)cc1. The first kappa shape index (κ1) is 33.9. The van der Waals surface area contributed by atoms with Crippen molar-refractivity contribution >= 4 is 40.7 Å². The maximum Gasteiger partial charge on any atom is 0.257 e. The number of amides is 2. The number of fused-ring (bicyclic) bond motifs is 2. The second kappa shape index (κ2) is 13.7. The third-order valence-electron chi connectivity index (χ3n) is 9.58. The van der Waals surface area contributed by atoms with Gasteiger partial charge in [-0.1, -0.05) is 73.5 Å². The summed E-state index contributed by atoms with van der Waals surface area (Å²) < 4.78 is 28.7. The largest absolute Gasteiger partial charge is 0.342 e. The first-order valence-electron chi connectivity index (χ1n) is 15.7. The number of benzene rings is 3. The Morgan fingerprint density at radius 3 is 2.32 bits per heavy atom. The van der Waals surface area contributed by atoms with Crippen LogP contribution in [0, 0.1) is 53.6 Å². The number of rotatable bonds is 11. The van der Waals surface area contributed by atoms with Crippen molar-refractivity contribution in [2.75, 3.05) is 5.32 Å². The molecule has 1 unspecified atom stereocenters. The molecule has 1 heterocycles. The van der Waals surface area contributed by atoms with Gasteiger partial charge in [-0.15, -0.1) is 0 Å². The van der Waals surface area contributed by atoms with E-state index in [1.165, 1.54) is 0 Å². The number of nitrogens with one attached hydrogen (secondary N) is 2. The van der Waals surface area contributed by atoms with Crippen LogP contribution in [0.25, 0.3) is 0 Å². The van der Waals surface area contributed by atoms with Gasteiger partial charge in [-0.05, 0) is 67.3 Å². The van der Waals surface area contributed by atoms with E-state index in [4.69, 9.17) is 11.6 Å². The van der Waals surface area contributed by atoms with Crippen LogP contribution < -0.4 is 10.6 Å². The van der Waals surface area contributed by atoms with Crippen molar-refractivity contribution in [2.24, 2.45) is 23.7 Å². The molecule has 47 heavy (non-hydrogen) atoms. The van der Waals surface area contributed by atoms with Crippen molar-refractivity contribution in [1.82, 2.24) is 5.32 Å². The standard InChI is InChI=1S/C37H36ClF2N3O4/c1-20(2)33(42-35(46)32-28(39)8-5-9-29(32)40)31(45)15-23(14-22-12-10-21(3)11-13-22)30(44)16-24-17-37(18-25(24)19-41)26-6-4-7-27(38)34(26)43-36(37)47/h4-13,20,23-25,33H,14-18H2,1-3H3,(H,42,46)(H,43,47)/t23-,24?,25+,33+,37-/m1/s1. The molecule has 3 aromatic carbocycles. The van der Waals surface area contributed by atoms with Crippen LogP contribution >= 0.6 is 11.6 Å². The third kappa shape index (κ3) is 6.84. The Kier molecular flexibility index (Phi) is 9.92. The van der Waals surface area contributed by atoms with Crippen molar-refractivity contribution in [3.05, 3.63) is 99.6 Å². The van der Waals surface area contributed by atoms with Crippen LogP contribution in [0.5, 0.6) is 0 Å². The van der Waals surface area contributed by atoms with Crippen molar-refractivity contribution in [1.29, 1.82) is 5.26 Å². The molecule has 10 heteroatoms. The summed E-state index contributed by atoms with van der Waals surface area (Å²) in [5.41, 5.74) is 1.34. The zero-order chi connectivity index (χ0) is 34.0. The number of hydrogen-bond donors (Lipinski definition) is 2. The number of para-hydroxylation sites is 1. The zero-order valence-corrected chi connectivity index (χ0v) is 27.2. The summed E-state index contributed by atoms with van der Waals surface area (Å²) in [5, 5.41) is 15.9. The quantitative estimate of drug-likeness (QED) is 0.232. The van der Waals surface area contributed by atoms with Crippen LogP contribution in [0.4, 0.5) is 14.5 Å². The number of nitriles is 1. The van der Waals surface area contributed by atoms with Crippen LogP contribution in [0.1, 0.15) is 66.6 Å². The van der Waals surface area contributed by atoms with Gasteiger partial charge in [0.2, 0.25) is 5.91 Å². The highest BCUT2D eigenvalue weighted by atomic mass is 35.5. The minimum Gasteiger partial charge on any atom is -0.342 e. The Morgan fingerprint density at radius 1 is 1.02 bits per heavy atom. The first-order valence-corrected chi connectivity index (χ1v) is 16.1. The minimum atomic E-state index is -1.11. The smallest absolute Gasteiger partial charge is 0.257 e. The van der Waals surface area contributed by atoms with Crippen LogP contribution in [0.15, 0.2) is 60.7 Å². The monoisotopic (exact) mass is 659 g/mol.